The maximum Gasteiger partial charge on any atom is 0.231 e. The average Bonchev–Trinajstić information content (AvgIpc) is 2.53. The summed E-state index contributed by atoms with van der Waals surface area (Å²) in [6.07, 6.45) is 5.73. The Hall–Kier alpha value is -1.47. The van der Waals surface area contributed by atoms with E-state index in [4.69, 9.17) is 0 Å². The highest BCUT2D eigenvalue weighted by Crippen LogP contribution is 2.26. The molecule has 1 aromatic rings. The van der Waals surface area contributed by atoms with Crippen LogP contribution in [0.2, 0.25) is 0 Å². The number of carbonyl (C=O) groups is 1. The number of rotatable bonds is 5. The van der Waals surface area contributed by atoms with E-state index in [-0.39, 0.29) is 11.9 Å². The van der Waals surface area contributed by atoms with Gasteiger partial charge in [0, 0.05) is 4.90 Å². The number of amides is 1. The van der Waals surface area contributed by atoms with Crippen LogP contribution < -0.4 is 5.32 Å². The molecule has 0 bridgehead atoms. The molecule has 0 aliphatic heterocycles. The van der Waals surface area contributed by atoms with Crippen molar-refractivity contribution in [2.45, 2.75) is 50.0 Å². The van der Waals surface area contributed by atoms with E-state index < -0.39 is 0 Å². The molecule has 4 heteroatoms. The molecule has 3 nitrogen and oxygen atoms in total. The Bertz CT molecular complexity index is 501. The van der Waals surface area contributed by atoms with Crippen molar-refractivity contribution < 1.29 is 4.79 Å². The summed E-state index contributed by atoms with van der Waals surface area (Å²) in [5.41, 5.74) is 1.21. The molecule has 0 spiro atoms. The predicted molar refractivity (Wildman–Crippen MR) is 86.0 cm³/mol. The number of aryl methyl sites for hydroxylation is 1. The maximum absolute atomic E-state index is 12.0. The third-order valence-electron chi connectivity index (χ3n) is 3.97. The molecule has 21 heavy (non-hydrogen) atoms. The fourth-order valence-corrected chi connectivity index (χ4v) is 3.43. The van der Waals surface area contributed by atoms with Gasteiger partial charge in [0.25, 0.3) is 0 Å². The molecule has 1 aliphatic carbocycles. The van der Waals surface area contributed by atoms with Crippen LogP contribution in [0, 0.1) is 24.2 Å². The van der Waals surface area contributed by atoms with Crippen molar-refractivity contribution in [3.05, 3.63) is 29.8 Å². The zero-order chi connectivity index (χ0) is 15.1. The maximum atomic E-state index is 12.0. The van der Waals surface area contributed by atoms with Gasteiger partial charge in [0.05, 0.1) is 11.8 Å². The molecule has 0 heterocycles. The van der Waals surface area contributed by atoms with Crippen molar-refractivity contribution >= 4 is 17.7 Å². The van der Waals surface area contributed by atoms with E-state index in [1.54, 1.807) is 0 Å². The molecule has 1 saturated carbocycles. The molecule has 112 valence electrons. The van der Waals surface area contributed by atoms with Crippen LogP contribution in [0.25, 0.3) is 0 Å². The van der Waals surface area contributed by atoms with Gasteiger partial charge in [-0.25, -0.2) is 0 Å². The summed E-state index contributed by atoms with van der Waals surface area (Å²) in [5.74, 6) is 0.656. The number of nitrogens with one attached hydrogen (secondary N) is 1. The van der Waals surface area contributed by atoms with Gasteiger partial charge in [-0.1, -0.05) is 37.0 Å². The summed E-state index contributed by atoms with van der Waals surface area (Å²) in [5, 5.41) is 12.2. The van der Waals surface area contributed by atoms with E-state index in [1.807, 2.05) is 31.2 Å². The molecule has 0 aromatic heterocycles. The molecule has 0 radical (unpaired) electrons. The number of nitriles is 1. The van der Waals surface area contributed by atoms with E-state index in [0.717, 1.165) is 17.7 Å². The first kappa shape index (κ1) is 15.9. The monoisotopic (exact) mass is 302 g/mol. The zero-order valence-corrected chi connectivity index (χ0v) is 13.3. The van der Waals surface area contributed by atoms with E-state index in [9.17, 15) is 10.1 Å². The van der Waals surface area contributed by atoms with Crippen molar-refractivity contribution in [3.8, 4) is 6.07 Å². The van der Waals surface area contributed by atoms with Crippen LogP contribution in [0.1, 0.15) is 37.7 Å². The molecule has 0 unspecified atom stereocenters. The number of nitrogens with zero attached hydrogens (tertiary/aromatic N) is 1. The van der Waals surface area contributed by atoms with Gasteiger partial charge in [0.15, 0.2) is 0 Å². The molecule has 1 aromatic carbocycles. The lowest BCUT2D eigenvalue weighted by molar-refractivity contribution is -0.119. The summed E-state index contributed by atoms with van der Waals surface area (Å²) >= 11 is 1.51. The molecule has 1 aliphatic rings. The zero-order valence-electron chi connectivity index (χ0n) is 12.5. The number of hydrogen-bond donors (Lipinski definition) is 1. The van der Waals surface area contributed by atoms with Crippen LogP contribution in [0.4, 0.5) is 0 Å². The Morgan fingerprint density at radius 1 is 1.33 bits per heavy atom. The Labute approximate surface area is 131 Å². The van der Waals surface area contributed by atoms with Crippen LogP contribution in [0.5, 0.6) is 0 Å². The van der Waals surface area contributed by atoms with Gasteiger partial charge >= 0.3 is 0 Å². The van der Waals surface area contributed by atoms with Crippen LogP contribution in [-0.2, 0) is 4.79 Å². The Morgan fingerprint density at radius 3 is 2.62 bits per heavy atom. The molecule has 1 atom stereocenters. The molecular formula is C17H22N2OS. The second-order valence-corrected chi connectivity index (χ2v) is 6.72. The van der Waals surface area contributed by atoms with Crippen molar-refractivity contribution in [2.24, 2.45) is 5.92 Å². The van der Waals surface area contributed by atoms with E-state index in [1.165, 1.54) is 36.6 Å². The van der Waals surface area contributed by atoms with Crippen molar-refractivity contribution in [1.29, 1.82) is 5.26 Å². The van der Waals surface area contributed by atoms with Crippen molar-refractivity contribution in [1.82, 2.24) is 5.32 Å². The van der Waals surface area contributed by atoms with Crippen molar-refractivity contribution in [3.63, 3.8) is 0 Å². The van der Waals surface area contributed by atoms with Gasteiger partial charge in [-0.15, -0.1) is 11.8 Å². The smallest absolute Gasteiger partial charge is 0.231 e. The number of carbonyl (C=O) groups excluding carboxylic acids is 1. The van der Waals surface area contributed by atoms with Crippen LogP contribution in [0.15, 0.2) is 29.2 Å². The minimum absolute atomic E-state index is 0.0438. The summed E-state index contributed by atoms with van der Waals surface area (Å²) in [4.78, 5) is 13.1. The van der Waals surface area contributed by atoms with Gasteiger partial charge in [-0.2, -0.15) is 5.26 Å². The van der Waals surface area contributed by atoms with E-state index >= 15 is 0 Å². The first-order valence-corrected chi connectivity index (χ1v) is 8.56. The minimum Gasteiger partial charge on any atom is -0.339 e. The number of thioether (sulfide) groups is 1. The molecule has 1 fully saturated rings. The van der Waals surface area contributed by atoms with Gasteiger partial charge in [-0.05, 0) is 37.8 Å². The molecule has 1 amide bonds. The van der Waals surface area contributed by atoms with Gasteiger partial charge in [0.1, 0.15) is 6.04 Å². The quantitative estimate of drug-likeness (QED) is 0.844. The first-order valence-electron chi connectivity index (χ1n) is 7.57. The van der Waals surface area contributed by atoms with Crippen molar-refractivity contribution in [2.75, 3.05) is 5.75 Å². The van der Waals surface area contributed by atoms with Gasteiger partial charge in [0.2, 0.25) is 5.91 Å². The third-order valence-corrected chi connectivity index (χ3v) is 4.98. The van der Waals surface area contributed by atoms with Crippen LogP contribution in [0.3, 0.4) is 0 Å². The highest BCUT2D eigenvalue weighted by Gasteiger charge is 2.24. The molecule has 2 rings (SSSR count). The SMILES string of the molecule is Cc1ccc(SCC(=O)N[C@H](C#N)C2CCCCC2)cc1. The molecule has 1 N–H and O–H groups in total. The predicted octanol–water partition coefficient (Wildman–Crippen LogP) is 3.68. The highest BCUT2D eigenvalue weighted by molar-refractivity contribution is 8.00. The van der Waals surface area contributed by atoms with Crippen LogP contribution >= 0.6 is 11.8 Å². The lowest BCUT2D eigenvalue weighted by Gasteiger charge is -2.26. The molecular weight excluding hydrogens is 280 g/mol. The fourth-order valence-electron chi connectivity index (χ4n) is 2.72. The Morgan fingerprint density at radius 2 is 2.00 bits per heavy atom. The second-order valence-electron chi connectivity index (χ2n) is 5.67. The van der Waals surface area contributed by atoms with E-state index in [0.29, 0.717) is 11.7 Å². The second kappa shape index (κ2) is 8.09. The Balaban J connectivity index is 1.79. The standard InChI is InChI=1S/C17H22N2OS/c1-13-7-9-15(10-8-13)21-12-17(20)19-16(11-18)14-5-3-2-4-6-14/h7-10,14,16H,2-6,12H2,1H3,(H,19,20)/t16-/m1/s1. The largest absolute Gasteiger partial charge is 0.339 e. The summed E-state index contributed by atoms with van der Waals surface area (Å²) < 4.78 is 0. The summed E-state index contributed by atoms with van der Waals surface area (Å²) in [6.45, 7) is 2.04. The lowest BCUT2D eigenvalue weighted by atomic mass is 9.84. The third kappa shape index (κ3) is 5.09. The lowest BCUT2D eigenvalue weighted by Crippen LogP contribution is -2.40. The number of hydrogen-bond acceptors (Lipinski definition) is 3. The summed E-state index contributed by atoms with van der Waals surface area (Å²) in [6, 6.07) is 10.1. The van der Waals surface area contributed by atoms with Gasteiger partial charge in [-0.3, -0.25) is 4.79 Å². The highest BCUT2D eigenvalue weighted by atomic mass is 32.2. The summed E-state index contributed by atoms with van der Waals surface area (Å²) in [7, 11) is 0. The fraction of sp³-hybridized carbons (Fsp3) is 0.529. The average molecular weight is 302 g/mol. The normalized spacial score (nSPS) is 17.0. The first-order chi connectivity index (χ1) is 10.2. The van der Waals surface area contributed by atoms with E-state index in [2.05, 4.69) is 11.4 Å². The minimum atomic E-state index is -0.323. The molecule has 0 saturated heterocycles. The number of benzene rings is 1. The topological polar surface area (TPSA) is 52.9 Å². The Kier molecular flexibility index (Phi) is 6.13. The van der Waals surface area contributed by atoms with Crippen LogP contribution in [-0.4, -0.2) is 17.7 Å². The van der Waals surface area contributed by atoms with Gasteiger partial charge < -0.3 is 5.32 Å².